The van der Waals surface area contributed by atoms with Gasteiger partial charge in [0.25, 0.3) is 0 Å². The first-order valence-corrected chi connectivity index (χ1v) is 7.74. The second-order valence-corrected chi connectivity index (χ2v) is 6.66. The molecule has 8 heteroatoms. The normalized spacial score (nSPS) is 15.3. The fraction of sp³-hybridized carbons (Fsp3) is 0.231. The van der Waals surface area contributed by atoms with Crippen molar-refractivity contribution in [1.82, 2.24) is 0 Å². The van der Waals surface area contributed by atoms with Crippen molar-refractivity contribution in [2.45, 2.75) is 17.6 Å². The van der Waals surface area contributed by atoms with Gasteiger partial charge >= 0.3 is 5.97 Å². The van der Waals surface area contributed by atoms with Crippen molar-refractivity contribution in [2.75, 3.05) is 0 Å². The van der Waals surface area contributed by atoms with Crippen molar-refractivity contribution in [3.8, 4) is 0 Å². The number of rotatable bonds is 5. The van der Waals surface area contributed by atoms with Crippen LogP contribution in [0.2, 0.25) is 0 Å². The highest BCUT2D eigenvalue weighted by molar-refractivity contribution is 8.22. The van der Waals surface area contributed by atoms with Gasteiger partial charge in [-0.25, -0.2) is 0 Å². The summed E-state index contributed by atoms with van der Waals surface area (Å²) < 4.78 is 4.70. The van der Waals surface area contributed by atoms with E-state index in [2.05, 4.69) is 10.0 Å². The molecule has 1 aromatic rings. The number of thioether (sulfide) groups is 2. The van der Waals surface area contributed by atoms with Gasteiger partial charge in [0.15, 0.2) is 0 Å². The number of hydrogen-bond donors (Lipinski definition) is 1. The summed E-state index contributed by atoms with van der Waals surface area (Å²) in [6.07, 6.45) is -0.0281. The summed E-state index contributed by atoms with van der Waals surface area (Å²) in [5, 5.41) is 14.6. The molecule has 0 saturated heterocycles. The van der Waals surface area contributed by atoms with Crippen LogP contribution < -0.4 is 0 Å². The molecule has 0 aliphatic carbocycles. The monoisotopic (exact) mass is 320 g/mol. The Kier molecular flexibility index (Phi) is 4.95. The minimum absolute atomic E-state index is 0.0281. The Bertz CT molecular complexity index is 628. The molecule has 0 atom stereocenters. The summed E-state index contributed by atoms with van der Waals surface area (Å²) in [4.78, 5) is 14.6. The summed E-state index contributed by atoms with van der Waals surface area (Å²) in [7, 11) is 0. The summed E-state index contributed by atoms with van der Waals surface area (Å²) in [5.74, 6) is -0.440. The lowest BCUT2D eigenvalue weighted by atomic mass is 10.2. The summed E-state index contributed by atoms with van der Waals surface area (Å²) in [6.45, 7) is 1.57. The van der Waals surface area contributed by atoms with E-state index in [1.165, 1.54) is 23.5 Å². The maximum absolute atomic E-state index is 11.9. The maximum atomic E-state index is 11.9. The van der Waals surface area contributed by atoms with Crippen molar-refractivity contribution in [1.29, 1.82) is 5.41 Å². The minimum Gasteiger partial charge on any atom is -0.433 e. The Morgan fingerprint density at radius 1 is 1.38 bits per heavy atom. The number of carbonyl (C=O) groups excluding carboxylic acids is 1. The van der Waals surface area contributed by atoms with Crippen molar-refractivity contribution in [2.24, 2.45) is 5.11 Å². The molecule has 0 unspecified atom stereocenters. The van der Waals surface area contributed by atoms with Crippen LogP contribution in [0.15, 0.2) is 40.2 Å². The lowest BCUT2D eigenvalue weighted by molar-refractivity contribution is -0.145. The maximum Gasteiger partial charge on any atom is 0.313 e. The number of ether oxygens (including phenoxy) is 1. The van der Waals surface area contributed by atoms with Gasteiger partial charge < -0.3 is 10.1 Å². The number of azide groups is 1. The number of nitrogens with zero attached hydrogens (tertiary/aromatic N) is 3. The zero-order valence-corrected chi connectivity index (χ0v) is 12.8. The quantitative estimate of drug-likeness (QED) is 0.280. The lowest BCUT2D eigenvalue weighted by Crippen LogP contribution is -2.24. The average molecular weight is 320 g/mol. The first-order chi connectivity index (χ1) is 10.1. The molecule has 1 heterocycles. The van der Waals surface area contributed by atoms with Gasteiger partial charge in [0, 0.05) is 21.9 Å². The van der Waals surface area contributed by atoms with Crippen LogP contribution in [0.25, 0.3) is 10.4 Å². The van der Waals surface area contributed by atoms with E-state index in [1.54, 1.807) is 31.2 Å². The Morgan fingerprint density at radius 3 is 2.52 bits per heavy atom. The van der Waals surface area contributed by atoms with Gasteiger partial charge in [-0.1, -0.05) is 52.9 Å². The van der Waals surface area contributed by atoms with Gasteiger partial charge in [0.2, 0.25) is 4.27 Å². The summed E-state index contributed by atoms with van der Waals surface area (Å²) in [5.41, 5.74) is 9.95. The van der Waals surface area contributed by atoms with E-state index in [1.807, 2.05) is 10.8 Å². The standard InChI is InChI=1S/C13H12N4O2S2/c1-9(14)8-12(18)19-13(20-6-7-21-13)10-2-4-11(5-3-10)16-17-15/h2-7,14H,8H2,1H3. The van der Waals surface area contributed by atoms with Crippen LogP contribution in [0.5, 0.6) is 0 Å². The fourth-order valence-corrected chi connectivity index (χ4v) is 3.88. The van der Waals surface area contributed by atoms with Gasteiger partial charge in [-0.3, -0.25) is 4.79 Å². The molecule has 0 radical (unpaired) electrons. The number of carbonyl (C=O) groups is 1. The van der Waals surface area contributed by atoms with Gasteiger partial charge in [-0.05, 0) is 23.3 Å². The number of benzene rings is 1. The van der Waals surface area contributed by atoms with Gasteiger partial charge in [-0.15, -0.1) is 0 Å². The Morgan fingerprint density at radius 2 is 2.00 bits per heavy atom. The van der Waals surface area contributed by atoms with Crippen LogP contribution in [0.4, 0.5) is 5.69 Å². The van der Waals surface area contributed by atoms with Crippen LogP contribution in [-0.4, -0.2) is 11.7 Å². The van der Waals surface area contributed by atoms with E-state index < -0.39 is 10.2 Å². The topological polar surface area (TPSA) is 98.9 Å². The zero-order chi connectivity index (χ0) is 15.3. The first kappa shape index (κ1) is 15.5. The van der Waals surface area contributed by atoms with Crippen LogP contribution in [0.1, 0.15) is 18.9 Å². The highest BCUT2D eigenvalue weighted by Crippen LogP contribution is 2.53. The minimum atomic E-state index is -0.874. The first-order valence-electron chi connectivity index (χ1n) is 5.98. The third-order valence-corrected chi connectivity index (χ3v) is 5.09. The van der Waals surface area contributed by atoms with Gasteiger partial charge in [0.05, 0.1) is 6.42 Å². The Balaban J connectivity index is 2.23. The van der Waals surface area contributed by atoms with E-state index in [0.717, 1.165) is 5.56 Å². The third-order valence-electron chi connectivity index (χ3n) is 2.54. The molecule has 2 rings (SSSR count). The molecule has 1 aliphatic heterocycles. The van der Waals surface area contributed by atoms with Crippen LogP contribution in [0.3, 0.4) is 0 Å². The van der Waals surface area contributed by atoms with E-state index in [9.17, 15) is 4.79 Å². The largest absolute Gasteiger partial charge is 0.433 e. The number of esters is 1. The smallest absolute Gasteiger partial charge is 0.313 e. The number of nitrogens with one attached hydrogen (secondary N) is 1. The summed E-state index contributed by atoms with van der Waals surface area (Å²) in [6, 6.07) is 6.88. The van der Waals surface area contributed by atoms with Crippen molar-refractivity contribution >= 4 is 40.9 Å². The molecule has 1 N–H and O–H groups in total. The molecule has 1 aromatic carbocycles. The van der Waals surface area contributed by atoms with Crippen molar-refractivity contribution in [3.05, 3.63) is 51.1 Å². The van der Waals surface area contributed by atoms with E-state index in [-0.39, 0.29) is 12.1 Å². The zero-order valence-electron chi connectivity index (χ0n) is 11.1. The molecule has 0 amide bonds. The summed E-state index contributed by atoms with van der Waals surface area (Å²) >= 11 is 2.77. The predicted octanol–water partition coefficient (Wildman–Crippen LogP) is 4.66. The molecule has 0 spiro atoms. The molecule has 1 aliphatic rings. The Hall–Kier alpha value is -1.89. The van der Waals surface area contributed by atoms with E-state index in [0.29, 0.717) is 5.69 Å². The molecule has 0 saturated carbocycles. The van der Waals surface area contributed by atoms with Gasteiger partial charge in [-0.2, -0.15) is 0 Å². The van der Waals surface area contributed by atoms with Crippen LogP contribution in [-0.2, 0) is 13.8 Å². The molecule has 108 valence electrons. The molecule has 0 aromatic heterocycles. The molecule has 21 heavy (non-hydrogen) atoms. The second-order valence-electron chi connectivity index (χ2n) is 4.23. The van der Waals surface area contributed by atoms with E-state index in [4.69, 9.17) is 15.7 Å². The molecular weight excluding hydrogens is 308 g/mol. The predicted molar refractivity (Wildman–Crippen MR) is 85.4 cm³/mol. The van der Waals surface area contributed by atoms with Crippen molar-refractivity contribution in [3.63, 3.8) is 0 Å². The average Bonchev–Trinajstić information content (AvgIpc) is 2.88. The molecular formula is C13H12N4O2S2. The Labute approximate surface area is 130 Å². The number of hydrogen-bond acceptors (Lipinski definition) is 6. The lowest BCUT2D eigenvalue weighted by Gasteiger charge is -2.27. The second kappa shape index (κ2) is 6.71. The van der Waals surface area contributed by atoms with Gasteiger partial charge in [0.1, 0.15) is 0 Å². The SMILES string of the molecule is CC(=N)CC(=O)OC1(c2ccc(N=[N+]=[N-])cc2)SC=CS1. The third kappa shape index (κ3) is 3.81. The highest BCUT2D eigenvalue weighted by Gasteiger charge is 2.39. The van der Waals surface area contributed by atoms with E-state index >= 15 is 0 Å². The fourth-order valence-electron chi connectivity index (χ4n) is 1.69. The molecule has 0 fully saturated rings. The molecule has 6 nitrogen and oxygen atoms in total. The molecule has 0 bridgehead atoms. The van der Waals surface area contributed by atoms with Crippen molar-refractivity contribution < 1.29 is 9.53 Å². The van der Waals surface area contributed by atoms with Crippen LogP contribution >= 0.6 is 23.5 Å². The highest BCUT2D eigenvalue weighted by atomic mass is 32.2. The van der Waals surface area contributed by atoms with Crippen LogP contribution in [0, 0.1) is 5.41 Å².